The van der Waals surface area contributed by atoms with E-state index in [9.17, 15) is 9.90 Å². The van der Waals surface area contributed by atoms with Crippen LogP contribution >= 0.6 is 15.9 Å². The number of aromatic nitrogens is 2. The molecule has 98 valence electrons. The molecule has 1 fully saturated rings. The van der Waals surface area contributed by atoms with Gasteiger partial charge in [0.15, 0.2) is 0 Å². The molecule has 0 aliphatic heterocycles. The van der Waals surface area contributed by atoms with Crippen molar-refractivity contribution in [1.29, 1.82) is 0 Å². The lowest BCUT2D eigenvalue weighted by molar-refractivity contribution is -0.0202. The van der Waals surface area contributed by atoms with Gasteiger partial charge >= 0.3 is 0 Å². The van der Waals surface area contributed by atoms with E-state index in [-0.39, 0.29) is 5.56 Å². The highest BCUT2D eigenvalue weighted by Gasteiger charge is 2.34. The predicted octanol–water partition coefficient (Wildman–Crippen LogP) is 1.52. The zero-order valence-corrected chi connectivity index (χ0v) is 11.6. The zero-order chi connectivity index (χ0) is 13.2. The fourth-order valence-electron chi connectivity index (χ4n) is 1.86. The van der Waals surface area contributed by atoms with Crippen LogP contribution in [0.4, 0.5) is 5.69 Å². The normalized spacial score (nSPS) is 17.0. The van der Waals surface area contributed by atoms with Gasteiger partial charge in [0.1, 0.15) is 4.47 Å². The Kier molecular flexibility index (Phi) is 3.87. The van der Waals surface area contributed by atoms with Crippen molar-refractivity contribution in [2.75, 3.05) is 11.9 Å². The van der Waals surface area contributed by atoms with Crippen molar-refractivity contribution in [3.8, 4) is 0 Å². The lowest BCUT2D eigenvalue weighted by Gasteiger charge is -2.36. The number of nitrogens with one attached hydrogen (secondary N) is 1. The summed E-state index contributed by atoms with van der Waals surface area (Å²) in [5, 5.41) is 17.1. The molecule has 6 heteroatoms. The Labute approximate surface area is 114 Å². The third-order valence-corrected chi connectivity index (χ3v) is 3.95. The van der Waals surface area contributed by atoms with E-state index in [2.05, 4.69) is 32.9 Å². The van der Waals surface area contributed by atoms with Gasteiger partial charge in [-0.2, -0.15) is 5.10 Å². The second kappa shape index (κ2) is 5.24. The van der Waals surface area contributed by atoms with Crippen molar-refractivity contribution in [2.24, 2.45) is 0 Å². The zero-order valence-electron chi connectivity index (χ0n) is 10.0. The van der Waals surface area contributed by atoms with Gasteiger partial charge in [0.2, 0.25) is 0 Å². The Balaban J connectivity index is 2.11. The highest BCUT2D eigenvalue weighted by atomic mass is 79.9. The topological polar surface area (TPSA) is 67.2 Å². The largest absolute Gasteiger partial charge is 0.388 e. The molecule has 0 atom stereocenters. The second-order valence-electron chi connectivity index (χ2n) is 4.58. The average molecular weight is 314 g/mol. The van der Waals surface area contributed by atoms with Crippen LogP contribution in [-0.4, -0.2) is 27.0 Å². The van der Waals surface area contributed by atoms with Crippen molar-refractivity contribution in [3.05, 3.63) is 33.7 Å². The van der Waals surface area contributed by atoms with Gasteiger partial charge in [0.25, 0.3) is 5.56 Å². The van der Waals surface area contributed by atoms with E-state index in [1.165, 1.54) is 4.68 Å². The van der Waals surface area contributed by atoms with Crippen molar-refractivity contribution in [3.63, 3.8) is 0 Å². The van der Waals surface area contributed by atoms with Crippen molar-refractivity contribution in [1.82, 2.24) is 9.78 Å². The van der Waals surface area contributed by atoms with Crippen LogP contribution in [0.15, 0.2) is 28.1 Å². The van der Waals surface area contributed by atoms with Crippen molar-refractivity contribution < 1.29 is 5.11 Å². The Bertz CT molecular complexity index is 509. The average Bonchev–Trinajstić information content (AvgIpc) is 2.32. The van der Waals surface area contributed by atoms with Crippen LogP contribution < -0.4 is 10.9 Å². The van der Waals surface area contributed by atoms with Crippen molar-refractivity contribution >= 4 is 21.6 Å². The van der Waals surface area contributed by atoms with Crippen LogP contribution in [0.5, 0.6) is 0 Å². The van der Waals surface area contributed by atoms with E-state index < -0.39 is 5.60 Å². The summed E-state index contributed by atoms with van der Waals surface area (Å²) in [5.41, 5.74) is -0.226. The summed E-state index contributed by atoms with van der Waals surface area (Å²) in [6, 6.07) is 0. The number of hydrogen-bond acceptors (Lipinski definition) is 4. The van der Waals surface area contributed by atoms with Gasteiger partial charge in [-0.15, -0.1) is 6.58 Å². The van der Waals surface area contributed by atoms with Gasteiger partial charge in [-0.1, -0.05) is 6.08 Å². The quantitative estimate of drug-likeness (QED) is 0.809. The number of aliphatic hydroxyl groups is 1. The summed E-state index contributed by atoms with van der Waals surface area (Å²) < 4.78 is 1.75. The van der Waals surface area contributed by atoms with E-state index in [0.29, 0.717) is 23.2 Å². The summed E-state index contributed by atoms with van der Waals surface area (Å²) in [5.74, 6) is 0. The molecule has 0 spiro atoms. The first-order valence-corrected chi connectivity index (χ1v) is 6.68. The lowest BCUT2D eigenvalue weighted by Crippen LogP contribution is -2.43. The monoisotopic (exact) mass is 313 g/mol. The third-order valence-electron chi connectivity index (χ3n) is 3.18. The molecule has 1 saturated carbocycles. The molecule has 0 radical (unpaired) electrons. The van der Waals surface area contributed by atoms with Crippen LogP contribution in [-0.2, 0) is 6.54 Å². The second-order valence-corrected chi connectivity index (χ2v) is 5.37. The number of nitrogens with zero attached hydrogens (tertiary/aromatic N) is 2. The van der Waals surface area contributed by atoms with E-state index in [0.717, 1.165) is 19.3 Å². The van der Waals surface area contributed by atoms with E-state index in [4.69, 9.17) is 0 Å². The fourth-order valence-corrected chi connectivity index (χ4v) is 2.31. The molecule has 1 aromatic rings. The summed E-state index contributed by atoms with van der Waals surface area (Å²) in [4.78, 5) is 11.9. The van der Waals surface area contributed by atoms with Gasteiger partial charge in [-0.3, -0.25) is 4.79 Å². The molecule has 0 amide bonds. The van der Waals surface area contributed by atoms with Gasteiger partial charge < -0.3 is 10.4 Å². The van der Waals surface area contributed by atoms with Crippen molar-refractivity contribution in [2.45, 2.75) is 31.4 Å². The third kappa shape index (κ3) is 2.64. The minimum absolute atomic E-state index is 0.208. The summed E-state index contributed by atoms with van der Waals surface area (Å²) in [6.07, 6.45) is 5.86. The Hall–Kier alpha value is -1.14. The first-order chi connectivity index (χ1) is 8.56. The molecular weight excluding hydrogens is 298 g/mol. The number of allylic oxidation sites excluding steroid dienone is 1. The maximum absolute atomic E-state index is 11.9. The Morgan fingerprint density at radius 1 is 1.67 bits per heavy atom. The lowest BCUT2D eigenvalue weighted by atomic mass is 9.80. The first kappa shape index (κ1) is 13.3. The number of anilines is 1. The molecule has 1 heterocycles. The summed E-state index contributed by atoms with van der Waals surface area (Å²) in [7, 11) is 0. The Morgan fingerprint density at radius 3 is 2.94 bits per heavy atom. The van der Waals surface area contributed by atoms with Crippen LogP contribution in [0.1, 0.15) is 19.3 Å². The SMILES string of the molecule is C=CCn1ncc(NCC2(O)CCC2)c(Br)c1=O. The molecule has 2 N–H and O–H groups in total. The molecule has 18 heavy (non-hydrogen) atoms. The van der Waals surface area contributed by atoms with Crippen LogP contribution in [0.25, 0.3) is 0 Å². The standard InChI is InChI=1S/C12H16BrN3O2/c1-2-6-16-11(17)10(13)9(7-15-16)14-8-12(18)4-3-5-12/h2,7,14,18H,1,3-6,8H2. The summed E-state index contributed by atoms with van der Waals surface area (Å²) in [6.45, 7) is 4.39. The maximum atomic E-state index is 11.9. The number of hydrogen-bond donors (Lipinski definition) is 2. The smallest absolute Gasteiger partial charge is 0.283 e. The van der Waals surface area contributed by atoms with Gasteiger partial charge in [0.05, 0.1) is 24.0 Å². The van der Waals surface area contributed by atoms with E-state index >= 15 is 0 Å². The number of halogens is 1. The first-order valence-electron chi connectivity index (χ1n) is 5.88. The molecule has 0 bridgehead atoms. The minimum Gasteiger partial charge on any atom is -0.388 e. The molecule has 1 aliphatic carbocycles. The fraction of sp³-hybridized carbons (Fsp3) is 0.500. The highest BCUT2D eigenvalue weighted by molar-refractivity contribution is 9.10. The summed E-state index contributed by atoms with van der Waals surface area (Å²) >= 11 is 3.26. The molecule has 0 saturated heterocycles. The highest BCUT2D eigenvalue weighted by Crippen LogP contribution is 2.32. The maximum Gasteiger partial charge on any atom is 0.283 e. The number of rotatable bonds is 5. The van der Waals surface area contributed by atoms with Crippen LogP contribution in [0.3, 0.4) is 0 Å². The Morgan fingerprint density at radius 2 is 2.39 bits per heavy atom. The molecule has 1 aromatic heterocycles. The van der Waals surface area contributed by atoms with Gasteiger partial charge in [-0.25, -0.2) is 4.68 Å². The van der Waals surface area contributed by atoms with E-state index in [1.807, 2.05) is 0 Å². The minimum atomic E-state index is -0.630. The molecular formula is C12H16BrN3O2. The predicted molar refractivity (Wildman–Crippen MR) is 73.7 cm³/mol. The molecule has 2 rings (SSSR count). The van der Waals surface area contributed by atoms with E-state index in [1.54, 1.807) is 12.3 Å². The molecule has 5 nitrogen and oxygen atoms in total. The van der Waals surface area contributed by atoms with Gasteiger partial charge in [-0.05, 0) is 35.2 Å². The van der Waals surface area contributed by atoms with Crippen LogP contribution in [0.2, 0.25) is 0 Å². The molecule has 1 aliphatic rings. The van der Waals surface area contributed by atoms with Gasteiger partial charge in [0, 0.05) is 6.54 Å². The molecule has 0 aromatic carbocycles. The molecule has 0 unspecified atom stereocenters. The van der Waals surface area contributed by atoms with Crippen LogP contribution in [0, 0.1) is 0 Å².